The summed E-state index contributed by atoms with van der Waals surface area (Å²) in [5, 5.41) is 0.740. The zero-order chi connectivity index (χ0) is 18.0. The third-order valence-corrected chi connectivity index (χ3v) is 7.30. The third kappa shape index (κ3) is 4.67. The van der Waals surface area contributed by atoms with Crippen LogP contribution in [-0.4, -0.2) is 56.9 Å². The van der Waals surface area contributed by atoms with Crippen LogP contribution in [0, 0.1) is 12.8 Å². The molecule has 1 amide bonds. The molecule has 0 spiro atoms. The van der Waals surface area contributed by atoms with Crippen LogP contribution in [0.15, 0.2) is 18.2 Å². The summed E-state index contributed by atoms with van der Waals surface area (Å²) in [4.78, 5) is 16.6. The van der Waals surface area contributed by atoms with E-state index in [4.69, 9.17) is 11.6 Å². The molecule has 5 nitrogen and oxygen atoms in total. The van der Waals surface area contributed by atoms with E-state index in [0.717, 1.165) is 23.7 Å². The quantitative estimate of drug-likeness (QED) is 0.800. The maximum atomic E-state index is 12.4. The van der Waals surface area contributed by atoms with Crippen LogP contribution in [0.1, 0.15) is 24.8 Å². The SMILES string of the molecule is Cc1cc(Cl)ccc1N1CCN(C(=O)CCC2CCS(=O)(=O)C2)CC1. The van der Waals surface area contributed by atoms with Crippen LogP contribution >= 0.6 is 11.6 Å². The molecular weight excluding hydrogens is 360 g/mol. The van der Waals surface area contributed by atoms with Crippen LogP contribution in [0.4, 0.5) is 5.69 Å². The molecule has 2 saturated heterocycles. The smallest absolute Gasteiger partial charge is 0.222 e. The van der Waals surface area contributed by atoms with E-state index in [1.54, 1.807) is 0 Å². The fraction of sp³-hybridized carbons (Fsp3) is 0.611. The van der Waals surface area contributed by atoms with E-state index in [-0.39, 0.29) is 23.3 Å². The minimum absolute atomic E-state index is 0.150. The monoisotopic (exact) mass is 384 g/mol. The molecular formula is C18H25ClN2O3S. The molecule has 25 heavy (non-hydrogen) atoms. The van der Waals surface area contributed by atoms with Crippen LogP contribution in [-0.2, 0) is 14.6 Å². The fourth-order valence-electron chi connectivity index (χ4n) is 3.76. The number of rotatable bonds is 4. The minimum atomic E-state index is -2.85. The number of carbonyl (C=O) groups excluding carboxylic acids is 1. The van der Waals surface area contributed by atoms with Crippen molar-refractivity contribution in [3.63, 3.8) is 0 Å². The van der Waals surface area contributed by atoms with Crippen LogP contribution in [0.2, 0.25) is 5.02 Å². The van der Waals surface area contributed by atoms with E-state index in [1.165, 1.54) is 5.69 Å². The summed E-state index contributed by atoms with van der Waals surface area (Å²) in [6, 6.07) is 5.90. The van der Waals surface area contributed by atoms with Gasteiger partial charge in [-0.2, -0.15) is 0 Å². The highest BCUT2D eigenvalue weighted by Gasteiger charge is 2.29. The molecule has 0 bridgehead atoms. The van der Waals surface area contributed by atoms with Gasteiger partial charge in [0.1, 0.15) is 0 Å². The number of sulfone groups is 1. The molecule has 2 aliphatic rings. The Balaban J connectivity index is 1.48. The largest absolute Gasteiger partial charge is 0.368 e. The number of benzene rings is 1. The molecule has 2 fully saturated rings. The average molecular weight is 385 g/mol. The fourth-order valence-corrected chi connectivity index (χ4v) is 5.89. The average Bonchev–Trinajstić information content (AvgIpc) is 2.92. The molecule has 3 rings (SSSR count). The van der Waals surface area contributed by atoms with Crippen molar-refractivity contribution in [3.05, 3.63) is 28.8 Å². The maximum absolute atomic E-state index is 12.4. The summed E-state index contributed by atoms with van der Waals surface area (Å²) >= 11 is 6.02. The van der Waals surface area contributed by atoms with Gasteiger partial charge in [0.15, 0.2) is 9.84 Å². The molecule has 1 unspecified atom stereocenters. The number of anilines is 1. The molecule has 1 atom stereocenters. The van der Waals surface area contributed by atoms with Gasteiger partial charge >= 0.3 is 0 Å². The molecule has 138 valence electrons. The minimum Gasteiger partial charge on any atom is -0.368 e. The van der Waals surface area contributed by atoms with Gasteiger partial charge < -0.3 is 9.80 Å². The Bertz CT molecular complexity index is 743. The summed E-state index contributed by atoms with van der Waals surface area (Å²) < 4.78 is 23.0. The van der Waals surface area contributed by atoms with Gasteiger partial charge in [-0.1, -0.05) is 11.6 Å². The lowest BCUT2D eigenvalue weighted by molar-refractivity contribution is -0.131. The number of nitrogens with zero attached hydrogens (tertiary/aromatic N) is 2. The van der Waals surface area contributed by atoms with Gasteiger partial charge in [-0.15, -0.1) is 0 Å². The second-order valence-electron chi connectivity index (χ2n) is 7.11. The van der Waals surface area contributed by atoms with Crippen molar-refractivity contribution in [1.29, 1.82) is 0 Å². The number of hydrogen-bond acceptors (Lipinski definition) is 4. The molecule has 0 aliphatic carbocycles. The van der Waals surface area contributed by atoms with Gasteiger partial charge in [0, 0.05) is 43.3 Å². The van der Waals surface area contributed by atoms with Crippen molar-refractivity contribution < 1.29 is 13.2 Å². The second-order valence-corrected chi connectivity index (χ2v) is 9.77. The van der Waals surface area contributed by atoms with Gasteiger partial charge in [-0.3, -0.25) is 4.79 Å². The van der Waals surface area contributed by atoms with E-state index in [2.05, 4.69) is 4.90 Å². The van der Waals surface area contributed by atoms with E-state index < -0.39 is 9.84 Å². The number of piperazine rings is 1. The van der Waals surface area contributed by atoms with Crippen molar-refractivity contribution in [2.24, 2.45) is 5.92 Å². The van der Waals surface area contributed by atoms with Gasteiger partial charge in [0.05, 0.1) is 11.5 Å². The Kier molecular flexibility index (Phi) is 5.58. The zero-order valence-corrected chi connectivity index (χ0v) is 16.2. The molecule has 7 heteroatoms. The molecule has 0 radical (unpaired) electrons. The Hall–Kier alpha value is -1.27. The molecule has 1 aromatic carbocycles. The topological polar surface area (TPSA) is 57.7 Å². The van der Waals surface area contributed by atoms with E-state index >= 15 is 0 Å². The highest BCUT2D eigenvalue weighted by atomic mass is 35.5. The first kappa shape index (κ1) is 18.5. The Labute approximate surface area is 154 Å². The maximum Gasteiger partial charge on any atom is 0.222 e. The molecule has 0 saturated carbocycles. The first-order valence-corrected chi connectivity index (χ1v) is 11.0. The highest BCUT2D eigenvalue weighted by molar-refractivity contribution is 7.91. The summed E-state index contributed by atoms with van der Waals surface area (Å²) in [6.45, 7) is 5.10. The van der Waals surface area contributed by atoms with Crippen molar-refractivity contribution in [2.75, 3.05) is 42.6 Å². The van der Waals surface area contributed by atoms with Crippen molar-refractivity contribution in [1.82, 2.24) is 4.90 Å². The lowest BCUT2D eigenvalue weighted by Crippen LogP contribution is -2.49. The molecule has 2 aliphatic heterocycles. The highest BCUT2D eigenvalue weighted by Crippen LogP contribution is 2.26. The first-order chi connectivity index (χ1) is 11.8. The predicted octanol–water partition coefficient (Wildman–Crippen LogP) is 2.51. The normalized spacial score (nSPS) is 23.0. The molecule has 0 N–H and O–H groups in total. The van der Waals surface area contributed by atoms with E-state index in [1.807, 2.05) is 30.0 Å². The van der Waals surface area contributed by atoms with Gasteiger partial charge in [0.2, 0.25) is 5.91 Å². The standard InChI is InChI=1S/C18H25ClN2O3S/c1-14-12-16(19)3-4-17(14)20-7-9-21(10-8-20)18(22)5-2-15-6-11-25(23,24)13-15/h3-4,12,15H,2,5-11,13H2,1H3. The van der Waals surface area contributed by atoms with Gasteiger partial charge in [0.25, 0.3) is 0 Å². The van der Waals surface area contributed by atoms with Crippen LogP contribution in [0.3, 0.4) is 0 Å². The third-order valence-electron chi connectivity index (χ3n) is 5.23. The van der Waals surface area contributed by atoms with E-state index in [9.17, 15) is 13.2 Å². The lowest BCUT2D eigenvalue weighted by Gasteiger charge is -2.37. The summed E-state index contributed by atoms with van der Waals surface area (Å²) in [7, 11) is -2.85. The number of amides is 1. The summed E-state index contributed by atoms with van der Waals surface area (Å²) in [5.74, 6) is 0.846. The van der Waals surface area contributed by atoms with Gasteiger partial charge in [-0.25, -0.2) is 8.42 Å². The Morgan fingerprint density at radius 2 is 1.96 bits per heavy atom. The lowest BCUT2D eigenvalue weighted by atomic mass is 10.0. The zero-order valence-electron chi connectivity index (χ0n) is 14.6. The van der Waals surface area contributed by atoms with Crippen LogP contribution in [0.5, 0.6) is 0 Å². The van der Waals surface area contributed by atoms with Crippen molar-refractivity contribution in [2.45, 2.75) is 26.2 Å². The van der Waals surface area contributed by atoms with Crippen molar-refractivity contribution in [3.8, 4) is 0 Å². The summed E-state index contributed by atoms with van der Waals surface area (Å²) in [5.41, 5.74) is 2.32. The van der Waals surface area contributed by atoms with E-state index in [0.29, 0.717) is 32.4 Å². The Morgan fingerprint density at radius 3 is 2.56 bits per heavy atom. The second kappa shape index (κ2) is 7.54. The predicted molar refractivity (Wildman–Crippen MR) is 101 cm³/mol. The number of hydrogen-bond donors (Lipinski definition) is 0. The first-order valence-electron chi connectivity index (χ1n) is 8.83. The number of aryl methyl sites for hydroxylation is 1. The van der Waals surface area contributed by atoms with Crippen LogP contribution in [0.25, 0.3) is 0 Å². The van der Waals surface area contributed by atoms with Crippen LogP contribution < -0.4 is 4.90 Å². The van der Waals surface area contributed by atoms with Gasteiger partial charge in [-0.05, 0) is 49.4 Å². The molecule has 1 aromatic rings. The number of halogens is 1. The molecule has 0 aromatic heterocycles. The Morgan fingerprint density at radius 1 is 1.24 bits per heavy atom. The molecule has 2 heterocycles. The summed E-state index contributed by atoms with van der Waals surface area (Å²) in [6.07, 6.45) is 1.86. The number of carbonyl (C=O) groups is 1. The van der Waals surface area contributed by atoms with Crippen molar-refractivity contribution >= 4 is 33.0 Å².